The lowest BCUT2D eigenvalue weighted by Gasteiger charge is -2.27. The van der Waals surface area contributed by atoms with E-state index in [1.54, 1.807) is 4.90 Å². The molecule has 0 spiro atoms. The monoisotopic (exact) mass is 448 g/mol. The molecule has 2 amide bonds. The lowest BCUT2D eigenvalue weighted by molar-refractivity contribution is -0.119. The van der Waals surface area contributed by atoms with Crippen molar-refractivity contribution in [1.82, 2.24) is 4.90 Å². The lowest BCUT2D eigenvalue weighted by atomic mass is 10.0. The second kappa shape index (κ2) is 8.49. The van der Waals surface area contributed by atoms with Gasteiger partial charge in [0.05, 0.1) is 36.2 Å². The molecule has 3 heterocycles. The molecule has 1 N–H and O–H groups in total. The molecule has 7 nitrogen and oxygen atoms in total. The number of amides is 2. The molecule has 30 heavy (non-hydrogen) atoms. The van der Waals surface area contributed by atoms with Crippen molar-refractivity contribution in [2.45, 2.75) is 13.3 Å². The molecule has 2 aromatic rings. The van der Waals surface area contributed by atoms with E-state index in [4.69, 9.17) is 4.74 Å². The Hall–Kier alpha value is -2.23. The summed E-state index contributed by atoms with van der Waals surface area (Å²) in [6.45, 7) is 3.87. The Balaban J connectivity index is 1.68. The number of sulfone groups is 1. The minimum absolute atomic E-state index is 0.0311. The number of benzene rings is 1. The fourth-order valence-electron chi connectivity index (χ4n) is 3.86. The Morgan fingerprint density at radius 2 is 1.87 bits per heavy atom. The zero-order valence-corrected chi connectivity index (χ0v) is 18.4. The van der Waals surface area contributed by atoms with Crippen LogP contribution in [0.4, 0.5) is 5.00 Å². The van der Waals surface area contributed by atoms with E-state index in [1.807, 2.05) is 37.3 Å². The highest BCUT2D eigenvalue weighted by Gasteiger charge is 2.35. The van der Waals surface area contributed by atoms with E-state index >= 15 is 0 Å². The normalized spacial score (nSPS) is 20.8. The topological polar surface area (TPSA) is 92.8 Å². The predicted octanol–water partition coefficient (Wildman–Crippen LogP) is 2.57. The molecule has 1 aromatic carbocycles. The number of hydrogen-bond acceptors (Lipinski definition) is 6. The average molecular weight is 449 g/mol. The summed E-state index contributed by atoms with van der Waals surface area (Å²) in [7, 11) is -3.17. The molecule has 0 radical (unpaired) electrons. The largest absolute Gasteiger partial charge is 0.378 e. The fraction of sp³-hybridized carbons (Fsp3) is 0.429. The van der Waals surface area contributed by atoms with E-state index in [0.29, 0.717) is 43.3 Å². The first-order chi connectivity index (χ1) is 14.4. The molecule has 1 atom stereocenters. The zero-order valence-electron chi connectivity index (χ0n) is 16.7. The number of thiophene rings is 1. The van der Waals surface area contributed by atoms with Crippen LogP contribution in [0.3, 0.4) is 0 Å². The van der Waals surface area contributed by atoms with Crippen LogP contribution in [0.5, 0.6) is 0 Å². The Bertz CT molecular complexity index is 1060. The maximum Gasteiger partial charge on any atom is 0.257 e. The van der Waals surface area contributed by atoms with Gasteiger partial charge in [0.25, 0.3) is 5.91 Å². The summed E-state index contributed by atoms with van der Waals surface area (Å²) in [6, 6.07) is 9.72. The Morgan fingerprint density at radius 3 is 2.50 bits per heavy atom. The first-order valence-electron chi connectivity index (χ1n) is 9.93. The number of morpholine rings is 1. The van der Waals surface area contributed by atoms with Crippen LogP contribution in [0.2, 0.25) is 0 Å². The van der Waals surface area contributed by atoms with Crippen LogP contribution in [0.25, 0.3) is 10.4 Å². The zero-order chi connectivity index (χ0) is 21.3. The van der Waals surface area contributed by atoms with Crippen LogP contribution < -0.4 is 5.32 Å². The number of carbonyl (C=O) groups excluding carboxylic acids is 2. The number of anilines is 1. The summed E-state index contributed by atoms with van der Waals surface area (Å²) in [5.41, 5.74) is 2.27. The minimum Gasteiger partial charge on any atom is -0.378 e. The number of nitrogens with one attached hydrogen (secondary N) is 1. The van der Waals surface area contributed by atoms with Crippen LogP contribution in [0, 0.1) is 12.8 Å². The van der Waals surface area contributed by atoms with Gasteiger partial charge in [-0.15, -0.1) is 11.3 Å². The molecular weight excluding hydrogens is 424 g/mol. The van der Waals surface area contributed by atoms with Crippen LogP contribution in [-0.2, 0) is 19.4 Å². The fourth-order valence-corrected chi connectivity index (χ4v) is 6.81. The first-order valence-corrected chi connectivity index (χ1v) is 12.6. The molecule has 4 rings (SSSR count). The van der Waals surface area contributed by atoms with E-state index in [1.165, 1.54) is 11.3 Å². The van der Waals surface area contributed by atoms with Crippen LogP contribution in [-0.4, -0.2) is 62.9 Å². The molecule has 1 aromatic heterocycles. The number of hydrogen-bond donors (Lipinski definition) is 1. The second-order valence-corrected chi connectivity index (χ2v) is 10.9. The van der Waals surface area contributed by atoms with E-state index in [-0.39, 0.29) is 23.3 Å². The quantitative estimate of drug-likeness (QED) is 0.776. The van der Waals surface area contributed by atoms with E-state index < -0.39 is 15.8 Å². The molecule has 160 valence electrons. The molecule has 2 aliphatic rings. The van der Waals surface area contributed by atoms with Gasteiger partial charge in [-0.2, -0.15) is 0 Å². The molecule has 2 fully saturated rings. The van der Waals surface area contributed by atoms with Crippen molar-refractivity contribution in [1.29, 1.82) is 0 Å². The van der Waals surface area contributed by atoms with Gasteiger partial charge in [0, 0.05) is 18.0 Å². The Kier molecular flexibility index (Phi) is 5.95. The van der Waals surface area contributed by atoms with Crippen molar-refractivity contribution in [2.75, 3.05) is 43.1 Å². The molecule has 1 unspecified atom stereocenters. The molecular formula is C21H24N2O5S2. The van der Waals surface area contributed by atoms with Gasteiger partial charge in [-0.3, -0.25) is 9.59 Å². The minimum atomic E-state index is -3.17. The van der Waals surface area contributed by atoms with Gasteiger partial charge in [0.15, 0.2) is 9.84 Å². The number of carbonyl (C=O) groups is 2. The van der Waals surface area contributed by atoms with Gasteiger partial charge < -0.3 is 15.0 Å². The highest BCUT2D eigenvalue weighted by molar-refractivity contribution is 7.91. The van der Waals surface area contributed by atoms with Gasteiger partial charge in [-0.25, -0.2) is 8.42 Å². The Morgan fingerprint density at radius 1 is 1.17 bits per heavy atom. The van der Waals surface area contributed by atoms with Crippen molar-refractivity contribution in [3.8, 4) is 10.4 Å². The summed E-state index contributed by atoms with van der Waals surface area (Å²) in [5, 5.41) is 3.36. The standard InChI is InChI=1S/C21H24N2O5S2/c1-14-17(21(25)23-8-10-28-11-9-23)20(29-18(14)15-5-3-2-4-6-15)22-19(24)16-7-12-30(26,27)13-16/h2-6,16H,7-13H2,1H3,(H,22,24). The number of nitrogens with zero attached hydrogens (tertiary/aromatic N) is 1. The van der Waals surface area contributed by atoms with E-state index in [0.717, 1.165) is 16.0 Å². The smallest absolute Gasteiger partial charge is 0.257 e. The highest BCUT2D eigenvalue weighted by atomic mass is 32.2. The summed E-state index contributed by atoms with van der Waals surface area (Å²) in [4.78, 5) is 28.8. The highest BCUT2D eigenvalue weighted by Crippen LogP contribution is 2.41. The second-order valence-electron chi connectivity index (χ2n) is 7.62. The SMILES string of the molecule is Cc1c(-c2ccccc2)sc(NC(=O)C2CCS(=O)(=O)C2)c1C(=O)N1CCOCC1. The van der Waals surface area contributed by atoms with Gasteiger partial charge in [-0.05, 0) is 24.5 Å². The maximum absolute atomic E-state index is 13.3. The van der Waals surface area contributed by atoms with E-state index in [2.05, 4.69) is 5.32 Å². The maximum atomic E-state index is 13.3. The molecule has 2 aliphatic heterocycles. The average Bonchev–Trinajstić information content (AvgIpc) is 3.28. The summed E-state index contributed by atoms with van der Waals surface area (Å²) >= 11 is 1.36. The predicted molar refractivity (Wildman–Crippen MR) is 117 cm³/mol. The van der Waals surface area contributed by atoms with E-state index in [9.17, 15) is 18.0 Å². The summed E-state index contributed by atoms with van der Waals surface area (Å²) in [6.07, 6.45) is 0.316. The Labute approximate surface area is 180 Å². The van der Waals surface area contributed by atoms with Crippen LogP contribution in [0.1, 0.15) is 22.3 Å². The van der Waals surface area contributed by atoms with Crippen LogP contribution in [0.15, 0.2) is 30.3 Å². The molecule has 9 heteroatoms. The van der Waals surface area contributed by atoms with Crippen molar-refractivity contribution in [2.24, 2.45) is 5.92 Å². The van der Waals surface area contributed by atoms with Gasteiger partial charge in [0.1, 0.15) is 5.00 Å². The third-order valence-corrected chi connectivity index (χ3v) is 8.56. The summed E-state index contributed by atoms with van der Waals surface area (Å²) < 4.78 is 28.9. The van der Waals surface area contributed by atoms with Crippen molar-refractivity contribution < 1.29 is 22.7 Å². The third-order valence-electron chi connectivity index (χ3n) is 5.53. The van der Waals surface area contributed by atoms with Crippen molar-refractivity contribution in [3.05, 3.63) is 41.5 Å². The van der Waals surface area contributed by atoms with Gasteiger partial charge in [-0.1, -0.05) is 30.3 Å². The molecule has 2 saturated heterocycles. The molecule has 0 saturated carbocycles. The van der Waals surface area contributed by atoms with Crippen molar-refractivity contribution >= 4 is 38.0 Å². The van der Waals surface area contributed by atoms with Crippen molar-refractivity contribution in [3.63, 3.8) is 0 Å². The summed E-state index contributed by atoms with van der Waals surface area (Å²) in [5.74, 6) is -1.16. The third kappa shape index (κ3) is 4.28. The molecule has 0 aliphatic carbocycles. The number of ether oxygens (including phenoxy) is 1. The van der Waals surface area contributed by atoms with Gasteiger partial charge in [0.2, 0.25) is 5.91 Å². The first kappa shape index (κ1) is 21.0. The van der Waals surface area contributed by atoms with Gasteiger partial charge >= 0.3 is 0 Å². The van der Waals surface area contributed by atoms with Crippen LogP contribution >= 0.6 is 11.3 Å². The lowest BCUT2D eigenvalue weighted by Crippen LogP contribution is -2.41. The number of rotatable bonds is 4. The molecule has 0 bridgehead atoms.